The van der Waals surface area contributed by atoms with Crippen LogP contribution in [0.4, 0.5) is 0 Å². The first-order valence-corrected chi connectivity index (χ1v) is 8.70. The van der Waals surface area contributed by atoms with Gasteiger partial charge in [0.1, 0.15) is 11.9 Å². The Bertz CT molecular complexity index is 515. The van der Waals surface area contributed by atoms with Crippen LogP contribution >= 0.6 is 24.2 Å². The van der Waals surface area contributed by atoms with Crippen molar-refractivity contribution < 1.29 is 4.84 Å². The van der Waals surface area contributed by atoms with Crippen LogP contribution in [0.1, 0.15) is 44.3 Å². The number of nitrogens with zero attached hydrogens (tertiary/aromatic N) is 4. The van der Waals surface area contributed by atoms with E-state index in [2.05, 4.69) is 39.2 Å². The van der Waals surface area contributed by atoms with Crippen LogP contribution in [-0.4, -0.2) is 45.4 Å². The fourth-order valence-electron chi connectivity index (χ4n) is 2.84. The molecule has 1 atom stereocenters. The lowest BCUT2D eigenvalue weighted by molar-refractivity contribution is 0.103. The highest BCUT2D eigenvalue weighted by Gasteiger charge is 2.24. The summed E-state index contributed by atoms with van der Waals surface area (Å²) < 4.78 is 2.15. The van der Waals surface area contributed by atoms with E-state index in [1.165, 1.54) is 0 Å². The van der Waals surface area contributed by atoms with E-state index in [4.69, 9.17) is 4.84 Å². The van der Waals surface area contributed by atoms with Gasteiger partial charge in [-0.05, 0) is 32.4 Å². The molecule has 6 nitrogen and oxygen atoms in total. The largest absolute Gasteiger partial charge is 0.391 e. The third kappa shape index (κ3) is 3.94. The monoisotopic (exact) mass is 345 g/mol. The first-order chi connectivity index (χ1) is 10.3. The number of oxime groups is 1. The molecule has 0 amide bonds. The number of aromatic nitrogens is 3. The first-order valence-electron chi connectivity index (χ1n) is 7.72. The summed E-state index contributed by atoms with van der Waals surface area (Å²) in [5.41, 5.74) is 1.16. The zero-order chi connectivity index (χ0) is 14.7. The molecule has 1 saturated heterocycles. The maximum atomic E-state index is 5.44. The minimum Gasteiger partial charge on any atom is -0.391 e. The Morgan fingerprint density at radius 2 is 2.09 bits per heavy atom. The number of hydrogen-bond acceptors (Lipinski definition) is 6. The van der Waals surface area contributed by atoms with Crippen molar-refractivity contribution >= 4 is 29.9 Å². The van der Waals surface area contributed by atoms with Crippen LogP contribution in [0.3, 0.4) is 0 Å². The van der Waals surface area contributed by atoms with Gasteiger partial charge in [0.2, 0.25) is 0 Å². The van der Waals surface area contributed by atoms with Crippen LogP contribution in [-0.2, 0) is 11.9 Å². The Morgan fingerprint density at radius 1 is 1.32 bits per heavy atom. The summed E-state index contributed by atoms with van der Waals surface area (Å²) in [6.45, 7) is 4.27. The lowest BCUT2D eigenvalue weighted by Gasteiger charge is -2.21. The molecule has 3 heterocycles. The van der Waals surface area contributed by atoms with Gasteiger partial charge in [0.25, 0.3) is 0 Å². The maximum absolute atomic E-state index is 5.44. The molecule has 1 N–H and O–H groups in total. The van der Waals surface area contributed by atoms with Crippen LogP contribution < -0.4 is 5.32 Å². The van der Waals surface area contributed by atoms with Gasteiger partial charge in [-0.2, -0.15) is 0 Å². The quantitative estimate of drug-likeness (QED) is 0.830. The normalized spacial score (nSPS) is 22.1. The average Bonchev–Trinajstić information content (AvgIpc) is 3.13. The van der Waals surface area contributed by atoms with E-state index in [0.717, 1.165) is 61.2 Å². The molecule has 0 spiro atoms. The van der Waals surface area contributed by atoms with Crippen molar-refractivity contribution in [3.05, 3.63) is 5.82 Å². The standard InChI is InChI=1S/C14H23N5OS.ClH/c1-3-11-8-12(20-18-11)9-21-14-17-16-13(19(14)2)10-4-6-15-7-5-10;/h10,12,15H,3-9H2,1-2H3;1H. The molecule has 0 aliphatic carbocycles. The Hall–Kier alpha value is -0.790. The SMILES string of the molecule is CCC1=NOC(CSc2nnc(C3CCNCC3)n2C)C1.Cl. The summed E-state index contributed by atoms with van der Waals surface area (Å²) in [6.07, 6.45) is 4.41. The fraction of sp³-hybridized carbons (Fsp3) is 0.786. The first kappa shape index (κ1) is 17.6. The smallest absolute Gasteiger partial charge is 0.191 e. The summed E-state index contributed by atoms with van der Waals surface area (Å²) in [7, 11) is 2.07. The number of nitrogens with one attached hydrogen (secondary N) is 1. The molecule has 8 heteroatoms. The van der Waals surface area contributed by atoms with Crippen molar-refractivity contribution in [3.63, 3.8) is 0 Å². The lowest BCUT2D eigenvalue weighted by atomic mass is 9.97. The number of thioether (sulfide) groups is 1. The molecule has 0 saturated carbocycles. The van der Waals surface area contributed by atoms with Crippen molar-refractivity contribution in [2.24, 2.45) is 12.2 Å². The Kier molecular flexibility index (Phi) is 6.52. The predicted molar refractivity (Wildman–Crippen MR) is 91.0 cm³/mol. The Balaban J connectivity index is 0.00000176. The Morgan fingerprint density at radius 3 is 2.77 bits per heavy atom. The van der Waals surface area contributed by atoms with Gasteiger partial charge < -0.3 is 14.7 Å². The van der Waals surface area contributed by atoms with Crippen LogP contribution in [0, 0.1) is 0 Å². The van der Waals surface area contributed by atoms with E-state index in [-0.39, 0.29) is 18.5 Å². The Labute approximate surface area is 141 Å². The van der Waals surface area contributed by atoms with Crippen molar-refractivity contribution in [2.45, 2.75) is 49.8 Å². The predicted octanol–water partition coefficient (Wildman–Crippen LogP) is 2.35. The van der Waals surface area contributed by atoms with Gasteiger partial charge in [-0.3, -0.25) is 0 Å². The second kappa shape index (κ2) is 8.17. The highest BCUT2D eigenvalue weighted by atomic mass is 35.5. The second-order valence-corrected chi connectivity index (χ2v) is 6.66. The molecule has 124 valence electrons. The van der Waals surface area contributed by atoms with Gasteiger partial charge in [-0.1, -0.05) is 23.8 Å². The molecular formula is C14H24ClN5OS. The summed E-state index contributed by atoms with van der Waals surface area (Å²) in [5, 5.41) is 17.2. The molecule has 1 aromatic heterocycles. The van der Waals surface area contributed by atoms with E-state index >= 15 is 0 Å². The molecule has 2 aliphatic rings. The average molecular weight is 346 g/mol. The van der Waals surface area contributed by atoms with Crippen molar-refractivity contribution in [1.82, 2.24) is 20.1 Å². The number of hydrogen-bond donors (Lipinski definition) is 1. The minimum absolute atomic E-state index is 0. The summed E-state index contributed by atoms with van der Waals surface area (Å²) in [5.74, 6) is 2.54. The molecule has 22 heavy (non-hydrogen) atoms. The topological polar surface area (TPSA) is 64.3 Å². The second-order valence-electron chi connectivity index (χ2n) is 5.68. The fourth-order valence-corrected chi connectivity index (χ4v) is 3.74. The third-order valence-electron chi connectivity index (χ3n) is 4.17. The van der Waals surface area contributed by atoms with Gasteiger partial charge in [0, 0.05) is 25.1 Å². The van der Waals surface area contributed by atoms with E-state index < -0.39 is 0 Å². The summed E-state index contributed by atoms with van der Waals surface area (Å²) in [4.78, 5) is 5.44. The highest BCUT2D eigenvalue weighted by molar-refractivity contribution is 7.99. The van der Waals surface area contributed by atoms with Crippen molar-refractivity contribution in [1.29, 1.82) is 0 Å². The van der Waals surface area contributed by atoms with Crippen LogP contribution in [0.15, 0.2) is 10.3 Å². The lowest BCUT2D eigenvalue weighted by Crippen LogP contribution is -2.27. The molecule has 3 rings (SSSR count). The van der Waals surface area contributed by atoms with Gasteiger partial charge in [0.05, 0.1) is 5.71 Å². The van der Waals surface area contributed by atoms with E-state index in [0.29, 0.717) is 5.92 Å². The zero-order valence-electron chi connectivity index (χ0n) is 13.1. The van der Waals surface area contributed by atoms with E-state index in [1.54, 1.807) is 11.8 Å². The molecule has 0 radical (unpaired) electrons. The zero-order valence-corrected chi connectivity index (χ0v) is 14.8. The number of halogens is 1. The summed E-state index contributed by atoms with van der Waals surface area (Å²) in [6, 6.07) is 0. The van der Waals surface area contributed by atoms with Crippen molar-refractivity contribution in [2.75, 3.05) is 18.8 Å². The van der Waals surface area contributed by atoms with Gasteiger partial charge in [-0.25, -0.2) is 0 Å². The highest BCUT2D eigenvalue weighted by Crippen LogP contribution is 2.27. The molecule has 1 aromatic rings. The van der Waals surface area contributed by atoms with E-state index in [1.807, 2.05) is 0 Å². The molecule has 0 bridgehead atoms. The number of piperidine rings is 1. The molecule has 1 fully saturated rings. The van der Waals surface area contributed by atoms with Gasteiger partial charge >= 0.3 is 0 Å². The van der Waals surface area contributed by atoms with Crippen molar-refractivity contribution in [3.8, 4) is 0 Å². The third-order valence-corrected chi connectivity index (χ3v) is 5.33. The molecule has 0 aromatic carbocycles. The van der Waals surface area contributed by atoms with Crippen LogP contribution in [0.25, 0.3) is 0 Å². The molecular weight excluding hydrogens is 322 g/mol. The van der Waals surface area contributed by atoms with Crippen LogP contribution in [0.2, 0.25) is 0 Å². The van der Waals surface area contributed by atoms with Crippen LogP contribution in [0.5, 0.6) is 0 Å². The summed E-state index contributed by atoms with van der Waals surface area (Å²) >= 11 is 1.72. The van der Waals surface area contributed by atoms with Gasteiger partial charge in [0.15, 0.2) is 5.16 Å². The number of rotatable bonds is 5. The molecule has 2 aliphatic heterocycles. The minimum atomic E-state index is 0. The maximum Gasteiger partial charge on any atom is 0.191 e. The molecule has 1 unspecified atom stereocenters. The van der Waals surface area contributed by atoms with Gasteiger partial charge in [-0.15, -0.1) is 22.6 Å². The van der Waals surface area contributed by atoms with E-state index in [9.17, 15) is 0 Å².